The summed E-state index contributed by atoms with van der Waals surface area (Å²) in [6.07, 6.45) is 1.18. The van der Waals surface area contributed by atoms with E-state index in [1.165, 1.54) is 11.1 Å². The summed E-state index contributed by atoms with van der Waals surface area (Å²) in [6, 6.07) is 4.33. The molecule has 4 heteroatoms. The number of fused-ring (bicyclic) bond motifs is 3. The number of benzene rings is 1. The highest BCUT2D eigenvalue weighted by molar-refractivity contribution is 5.87. The molecule has 23 heavy (non-hydrogen) atoms. The Morgan fingerprint density at radius 2 is 2.04 bits per heavy atom. The van der Waals surface area contributed by atoms with Gasteiger partial charge in [-0.2, -0.15) is 0 Å². The summed E-state index contributed by atoms with van der Waals surface area (Å²) in [4.78, 5) is 12.3. The van der Waals surface area contributed by atoms with E-state index in [2.05, 4.69) is 25.2 Å². The first kappa shape index (κ1) is 17.8. The van der Waals surface area contributed by atoms with Gasteiger partial charge in [0.25, 0.3) is 0 Å². The molecule has 1 aromatic carbocycles. The molecule has 0 aromatic heterocycles. The zero-order valence-electron chi connectivity index (χ0n) is 15.1. The van der Waals surface area contributed by atoms with Crippen LogP contribution in [-0.4, -0.2) is 32.1 Å². The molecule has 1 N–H and O–H groups in total. The van der Waals surface area contributed by atoms with E-state index < -0.39 is 0 Å². The van der Waals surface area contributed by atoms with Crippen LogP contribution in [0.3, 0.4) is 0 Å². The maximum atomic E-state index is 12.3. The number of methoxy groups -OCH3 is 1. The lowest BCUT2D eigenvalue weighted by molar-refractivity contribution is -0.129. The Bertz CT molecular complexity index is 570. The van der Waals surface area contributed by atoms with Gasteiger partial charge in [0, 0.05) is 23.9 Å². The molecule has 4 nitrogen and oxygen atoms in total. The quantitative estimate of drug-likeness (QED) is 0.927. The molecule has 1 heterocycles. The Morgan fingerprint density at radius 3 is 2.65 bits per heavy atom. The maximum absolute atomic E-state index is 12.3. The van der Waals surface area contributed by atoms with Crippen molar-refractivity contribution in [3.63, 3.8) is 0 Å². The predicted molar refractivity (Wildman–Crippen MR) is 92.5 cm³/mol. The molecule has 1 aliphatic heterocycles. The van der Waals surface area contributed by atoms with E-state index in [4.69, 9.17) is 9.47 Å². The number of ether oxygens (including phenoxy) is 2. The van der Waals surface area contributed by atoms with Crippen LogP contribution in [0.1, 0.15) is 50.7 Å². The third-order valence-corrected chi connectivity index (χ3v) is 5.10. The highest BCUT2D eigenvalue weighted by Crippen LogP contribution is 2.52. The summed E-state index contributed by atoms with van der Waals surface area (Å²) < 4.78 is 11.5. The zero-order chi connectivity index (χ0) is 17.1. The lowest BCUT2D eigenvalue weighted by Gasteiger charge is -2.36. The van der Waals surface area contributed by atoms with Crippen molar-refractivity contribution in [2.45, 2.75) is 58.6 Å². The van der Waals surface area contributed by atoms with Gasteiger partial charge in [0.1, 0.15) is 0 Å². The van der Waals surface area contributed by atoms with Crippen LogP contribution in [0.4, 0.5) is 0 Å². The summed E-state index contributed by atoms with van der Waals surface area (Å²) in [5.74, 6) is 2.27. The summed E-state index contributed by atoms with van der Waals surface area (Å²) in [7, 11) is 3.62. The number of carbonyl (C=O) groups is 1. The molecule has 0 saturated heterocycles. The molecule has 1 aliphatic carbocycles. The Morgan fingerprint density at radius 1 is 1.35 bits per heavy atom. The van der Waals surface area contributed by atoms with E-state index >= 15 is 0 Å². The minimum absolute atomic E-state index is 0.138. The second-order valence-corrected chi connectivity index (χ2v) is 6.14. The van der Waals surface area contributed by atoms with Gasteiger partial charge in [0.2, 0.25) is 0 Å². The maximum Gasteiger partial charge on any atom is 0.173 e. The molecule has 0 radical (unpaired) electrons. The minimum Gasteiger partial charge on any atom is -0.493 e. The number of rotatable bonds is 3. The zero-order valence-corrected chi connectivity index (χ0v) is 15.1. The van der Waals surface area contributed by atoms with Crippen molar-refractivity contribution in [1.29, 1.82) is 0 Å². The van der Waals surface area contributed by atoms with Crippen LogP contribution in [0, 0.1) is 12.8 Å². The van der Waals surface area contributed by atoms with E-state index in [1.54, 1.807) is 7.11 Å². The van der Waals surface area contributed by atoms with Crippen molar-refractivity contribution in [2.75, 3.05) is 14.2 Å². The summed E-state index contributed by atoms with van der Waals surface area (Å²) >= 11 is 0. The molecular formula is C19H29NO3. The summed E-state index contributed by atoms with van der Waals surface area (Å²) in [6.45, 7) is 8.27. The number of ketones is 1. The van der Waals surface area contributed by atoms with Crippen LogP contribution in [0.2, 0.25) is 0 Å². The fourth-order valence-electron chi connectivity index (χ4n) is 3.84. The smallest absolute Gasteiger partial charge is 0.173 e. The average molecular weight is 319 g/mol. The summed E-state index contributed by atoms with van der Waals surface area (Å²) in [5.41, 5.74) is 2.35. The van der Waals surface area contributed by atoms with E-state index in [0.717, 1.165) is 17.9 Å². The van der Waals surface area contributed by atoms with Crippen molar-refractivity contribution in [2.24, 2.45) is 5.92 Å². The van der Waals surface area contributed by atoms with Crippen LogP contribution in [-0.2, 0) is 4.79 Å². The van der Waals surface area contributed by atoms with Crippen molar-refractivity contribution >= 4 is 5.78 Å². The summed E-state index contributed by atoms with van der Waals surface area (Å²) in [5, 5.41) is 3.34. The SMILES string of the molecule is CC.CNC(C)C1CCC(=O)C2Oc3c(OC)ccc(C)c3C21. The first-order chi connectivity index (χ1) is 11.1. The monoisotopic (exact) mass is 319 g/mol. The Labute approximate surface area is 139 Å². The molecule has 0 amide bonds. The highest BCUT2D eigenvalue weighted by atomic mass is 16.5. The molecule has 1 saturated carbocycles. The Kier molecular flexibility index (Phi) is 5.69. The molecule has 0 spiro atoms. The number of nitrogens with one attached hydrogen (secondary N) is 1. The number of aryl methyl sites for hydroxylation is 1. The van der Waals surface area contributed by atoms with E-state index in [9.17, 15) is 4.79 Å². The van der Waals surface area contributed by atoms with Crippen LogP contribution in [0.25, 0.3) is 0 Å². The van der Waals surface area contributed by atoms with Gasteiger partial charge in [-0.1, -0.05) is 19.9 Å². The van der Waals surface area contributed by atoms with Crippen molar-refractivity contribution in [3.8, 4) is 11.5 Å². The van der Waals surface area contributed by atoms with Crippen molar-refractivity contribution in [1.82, 2.24) is 5.32 Å². The first-order valence-corrected chi connectivity index (χ1v) is 8.62. The van der Waals surface area contributed by atoms with Gasteiger partial charge in [-0.05, 0) is 44.9 Å². The lowest BCUT2D eigenvalue weighted by atomic mass is 9.70. The number of carbonyl (C=O) groups excluding carboxylic acids is 1. The lowest BCUT2D eigenvalue weighted by Crippen LogP contribution is -2.45. The number of Topliss-reactive ketones (excluding diaryl/α,β-unsaturated/α-hetero) is 1. The molecular weight excluding hydrogens is 290 g/mol. The largest absolute Gasteiger partial charge is 0.493 e. The highest BCUT2D eigenvalue weighted by Gasteiger charge is 2.49. The van der Waals surface area contributed by atoms with Gasteiger partial charge in [-0.3, -0.25) is 4.79 Å². The Hall–Kier alpha value is -1.55. The van der Waals surface area contributed by atoms with E-state index in [0.29, 0.717) is 18.4 Å². The molecule has 128 valence electrons. The van der Waals surface area contributed by atoms with Crippen LogP contribution >= 0.6 is 0 Å². The average Bonchev–Trinajstić information content (AvgIpc) is 2.99. The predicted octanol–water partition coefficient (Wildman–Crippen LogP) is 3.46. The van der Waals surface area contributed by atoms with Crippen LogP contribution < -0.4 is 14.8 Å². The topological polar surface area (TPSA) is 47.6 Å². The van der Waals surface area contributed by atoms with Gasteiger partial charge in [0.15, 0.2) is 23.4 Å². The van der Waals surface area contributed by atoms with Crippen LogP contribution in [0.15, 0.2) is 12.1 Å². The van der Waals surface area contributed by atoms with Crippen molar-refractivity contribution < 1.29 is 14.3 Å². The molecule has 3 rings (SSSR count). The first-order valence-electron chi connectivity index (χ1n) is 8.62. The van der Waals surface area contributed by atoms with Gasteiger partial charge in [-0.15, -0.1) is 0 Å². The number of hydrogen-bond acceptors (Lipinski definition) is 4. The second-order valence-electron chi connectivity index (χ2n) is 6.14. The Balaban J connectivity index is 0.000000924. The van der Waals surface area contributed by atoms with Gasteiger partial charge >= 0.3 is 0 Å². The minimum atomic E-state index is -0.343. The van der Waals surface area contributed by atoms with Gasteiger partial charge in [0.05, 0.1) is 7.11 Å². The molecule has 4 atom stereocenters. The van der Waals surface area contributed by atoms with E-state index in [1.807, 2.05) is 27.0 Å². The van der Waals surface area contributed by atoms with Gasteiger partial charge in [-0.25, -0.2) is 0 Å². The standard InChI is InChI=1S/C17H23NO3.C2H6/c1-9-5-8-13(20-4)17-14(9)15-11(10(2)18-3)6-7-12(19)16(15)21-17;1-2/h5,8,10-11,15-16,18H,6-7H2,1-4H3;1-2H3. The molecule has 0 bridgehead atoms. The molecule has 2 aliphatic rings. The third-order valence-electron chi connectivity index (χ3n) is 5.10. The fraction of sp³-hybridized carbons (Fsp3) is 0.632. The molecule has 1 aromatic rings. The molecule has 4 unspecified atom stereocenters. The fourth-order valence-corrected chi connectivity index (χ4v) is 3.84. The number of hydrogen-bond donors (Lipinski definition) is 1. The van der Waals surface area contributed by atoms with Crippen molar-refractivity contribution in [3.05, 3.63) is 23.3 Å². The van der Waals surface area contributed by atoms with E-state index in [-0.39, 0.29) is 17.8 Å². The normalized spacial score (nSPS) is 26.3. The van der Waals surface area contributed by atoms with Crippen LogP contribution in [0.5, 0.6) is 11.5 Å². The second kappa shape index (κ2) is 7.35. The third kappa shape index (κ3) is 2.97. The van der Waals surface area contributed by atoms with Gasteiger partial charge < -0.3 is 14.8 Å². The molecule has 1 fully saturated rings.